The van der Waals surface area contributed by atoms with E-state index in [1.54, 1.807) is 0 Å². The van der Waals surface area contributed by atoms with Gasteiger partial charge >= 0.3 is 6.09 Å². The molecule has 3 saturated carbocycles. The van der Waals surface area contributed by atoms with E-state index >= 15 is 0 Å². The molecule has 4 rings (SSSR count). The molecule has 0 spiro atoms. The molecule has 5 unspecified atom stereocenters. The van der Waals surface area contributed by atoms with Gasteiger partial charge in [0.05, 0.1) is 18.5 Å². The molecule has 12 nitrogen and oxygen atoms in total. The van der Waals surface area contributed by atoms with E-state index in [4.69, 9.17) is 4.74 Å². The maximum atomic E-state index is 13.5. The summed E-state index contributed by atoms with van der Waals surface area (Å²) < 4.78 is 37.4. The molecule has 1 saturated heterocycles. The summed E-state index contributed by atoms with van der Waals surface area (Å²) in [6.07, 6.45) is 4.10. The third-order valence-electron chi connectivity index (χ3n) is 7.97. The lowest BCUT2D eigenvalue weighted by molar-refractivity contribution is -0.140. The number of rotatable bonds is 10. The molecule has 13 heteroatoms. The molecule has 0 radical (unpaired) electrons. The summed E-state index contributed by atoms with van der Waals surface area (Å²) in [6.45, 7) is 1.63. The van der Waals surface area contributed by atoms with Gasteiger partial charge in [-0.15, -0.1) is 0 Å². The van der Waals surface area contributed by atoms with Crippen molar-refractivity contribution in [2.45, 2.75) is 87.3 Å². The van der Waals surface area contributed by atoms with Crippen molar-refractivity contribution in [3.05, 3.63) is 0 Å². The van der Waals surface area contributed by atoms with Crippen molar-refractivity contribution >= 4 is 33.8 Å². The molecule has 3 N–H and O–H groups in total. The lowest BCUT2D eigenvalue weighted by Gasteiger charge is -2.29. The average molecular weight is 529 g/mol. The highest BCUT2D eigenvalue weighted by atomic mass is 32.2. The Kier molecular flexibility index (Phi) is 7.52. The molecular formula is C23H36N4O8S. The van der Waals surface area contributed by atoms with Crippen molar-refractivity contribution in [3.63, 3.8) is 0 Å². The Morgan fingerprint density at radius 1 is 1.11 bits per heavy atom. The van der Waals surface area contributed by atoms with Crippen LogP contribution in [0.25, 0.3) is 0 Å². The SMILES string of the molecule is COC(=O)NC(C)C(=O)N1CC(OC)CC1C(=O)NC1(C(=O)NS(=O)(=O)C2CCC2)CC1CC1CC1. The second-order valence-electron chi connectivity index (χ2n) is 10.5. The molecule has 1 heterocycles. The minimum atomic E-state index is -3.81. The molecule has 5 atom stereocenters. The Balaban J connectivity index is 1.49. The maximum absolute atomic E-state index is 13.5. The minimum absolute atomic E-state index is 0.140. The second kappa shape index (κ2) is 10.2. The first kappa shape index (κ1) is 26.6. The molecule has 4 fully saturated rings. The van der Waals surface area contributed by atoms with Crippen molar-refractivity contribution in [2.75, 3.05) is 20.8 Å². The number of hydrogen-bond donors (Lipinski definition) is 3. The van der Waals surface area contributed by atoms with E-state index in [0.29, 0.717) is 25.2 Å². The van der Waals surface area contributed by atoms with Crippen molar-refractivity contribution in [3.8, 4) is 0 Å². The van der Waals surface area contributed by atoms with Gasteiger partial charge < -0.3 is 25.0 Å². The van der Waals surface area contributed by atoms with E-state index < -0.39 is 62.8 Å². The van der Waals surface area contributed by atoms with Crippen LogP contribution in [0.1, 0.15) is 58.3 Å². The Bertz CT molecular complexity index is 1010. The molecule has 0 aromatic rings. The normalized spacial score (nSPS) is 30.6. The zero-order valence-electron chi connectivity index (χ0n) is 20.9. The van der Waals surface area contributed by atoms with Crippen LogP contribution >= 0.6 is 0 Å². The predicted octanol–water partition coefficient (Wildman–Crippen LogP) is 0.0203. The Morgan fingerprint density at radius 3 is 2.36 bits per heavy atom. The number of carbonyl (C=O) groups excluding carboxylic acids is 4. The fourth-order valence-corrected chi connectivity index (χ4v) is 6.71. The summed E-state index contributed by atoms with van der Waals surface area (Å²) in [5.41, 5.74) is -1.31. The number of methoxy groups -OCH3 is 2. The molecule has 202 valence electrons. The first-order chi connectivity index (χ1) is 17.0. The van der Waals surface area contributed by atoms with E-state index in [0.717, 1.165) is 25.7 Å². The van der Waals surface area contributed by atoms with E-state index in [1.165, 1.54) is 26.0 Å². The van der Waals surface area contributed by atoms with Gasteiger partial charge in [0.2, 0.25) is 21.8 Å². The summed E-state index contributed by atoms with van der Waals surface area (Å²) >= 11 is 0. The Labute approximate surface area is 211 Å². The quantitative estimate of drug-likeness (QED) is 0.358. The minimum Gasteiger partial charge on any atom is -0.453 e. The molecule has 4 amide bonds. The highest BCUT2D eigenvalue weighted by Crippen LogP contribution is 2.52. The fourth-order valence-electron chi connectivity index (χ4n) is 5.15. The predicted molar refractivity (Wildman–Crippen MR) is 127 cm³/mol. The van der Waals surface area contributed by atoms with E-state index in [2.05, 4.69) is 20.1 Å². The summed E-state index contributed by atoms with van der Waals surface area (Å²) in [6, 6.07) is -1.88. The van der Waals surface area contributed by atoms with Crippen LogP contribution in [0.4, 0.5) is 4.79 Å². The monoisotopic (exact) mass is 528 g/mol. The van der Waals surface area contributed by atoms with Gasteiger partial charge in [0.15, 0.2) is 0 Å². The molecule has 0 bridgehead atoms. The van der Waals surface area contributed by atoms with Crippen LogP contribution in [0.15, 0.2) is 0 Å². The number of hydrogen-bond acceptors (Lipinski definition) is 8. The third kappa shape index (κ3) is 5.46. The second-order valence-corrected chi connectivity index (χ2v) is 12.5. The van der Waals surface area contributed by atoms with E-state index in [1.807, 2.05) is 0 Å². The zero-order chi connectivity index (χ0) is 26.3. The summed E-state index contributed by atoms with van der Waals surface area (Å²) in [5.74, 6) is -1.40. The van der Waals surface area contributed by atoms with Crippen LogP contribution in [-0.2, 0) is 33.9 Å². The van der Waals surface area contributed by atoms with E-state index in [9.17, 15) is 27.6 Å². The number of ether oxygens (including phenoxy) is 2. The topological polar surface area (TPSA) is 160 Å². The number of carbonyl (C=O) groups is 4. The highest BCUT2D eigenvalue weighted by Gasteiger charge is 2.63. The number of alkyl carbamates (subject to hydrolysis) is 1. The summed E-state index contributed by atoms with van der Waals surface area (Å²) in [4.78, 5) is 52.7. The maximum Gasteiger partial charge on any atom is 0.407 e. The van der Waals surface area contributed by atoms with Crippen LogP contribution in [0.2, 0.25) is 0 Å². The average Bonchev–Trinajstić information content (AvgIpc) is 3.68. The van der Waals surface area contributed by atoms with Crippen LogP contribution in [0, 0.1) is 11.8 Å². The van der Waals surface area contributed by atoms with Gasteiger partial charge in [0.1, 0.15) is 17.6 Å². The number of likely N-dealkylation sites (tertiary alicyclic amines) is 1. The van der Waals surface area contributed by atoms with Gasteiger partial charge in [-0.2, -0.15) is 0 Å². The number of nitrogens with zero attached hydrogens (tertiary/aromatic N) is 1. The molecule has 36 heavy (non-hydrogen) atoms. The van der Waals surface area contributed by atoms with Gasteiger partial charge in [-0.3, -0.25) is 19.1 Å². The third-order valence-corrected chi connectivity index (χ3v) is 9.79. The fraction of sp³-hybridized carbons (Fsp3) is 0.826. The smallest absolute Gasteiger partial charge is 0.407 e. The van der Waals surface area contributed by atoms with Crippen LogP contribution in [0.5, 0.6) is 0 Å². The molecule has 1 aliphatic heterocycles. The summed E-state index contributed by atoms with van der Waals surface area (Å²) in [5, 5.41) is 4.66. The van der Waals surface area contributed by atoms with Crippen LogP contribution < -0.4 is 15.4 Å². The first-order valence-electron chi connectivity index (χ1n) is 12.6. The number of amides is 4. The standard InChI is InChI=1S/C23H36N4O8S/c1-13(24-22(31)35-3)20(29)27-12-16(34-2)10-18(27)19(28)25-23(11-15(23)9-14-7-8-14)21(30)26-36(32,33)17-5-4-6-17/h13-18H,4-12H2,1-3H3,(H,24,31)(H,25,28)(H,26,30). The van der Waals surface area contributed by atoms with Gasteiger partial charge in [-0.05, 0) is 44.4 Å². The lowest BCUT2D eigenvalue weighted by atomic mass is 10.0. The molecule has 3 aliphatic carbocycles. The number of sulfonamides is 1. The van der Waals surface area contributed by atoms with Crippen molar-refractivity contribution in [2.24, 2.45) is 11.8 Å². The molecule has 4 aliphatic rings. The number of nitrogens with one attached hydrogen (secondary N) is 3. The van der Waals surface area contributed by atoms with Crippen molar-refractivity contribution in [1.82, 2.24) is 20.3 Å². The summed E-state index contributed by atoms with van der Waals surface area (Å²) in [7, 11) is -1.14. The van der Waals surface area contributed by atoms with Crippen LogP contribution in [-0.4, -0.2) is 86.9 Å². The van der Waals surface area contributed by atoms with Crippen molar-refractivity contribution in [1.29, 1.82) is 0 Å². The Hall–Kier alpha value is -2.41. The van der Waals surface area contributed by atoms with E-state index in [-0.39, 0.29) is 18.9 Å². The van der Waals surface area contributed by atoms with Gasteiger partial charge in [-0.1, -0.05) is 19.3 Å². The largest absolute Gasteiger partial charge is 0.453 e. The molecule has 0 aromatic carbocycles. The zero-order valence-corrected chi connectivity index (χ0v) is 21.8. The first-order valence-corrected chi connectivity index (χ1v) is 14.1. The van der Waals surface area contributed by atoms with Crippen molar-refractivity contribution < 1.29 is 37.1 Å². The Morgan fingerprint density at radius 2 is 1.81 bits per heavy atom. The molecule has 0 aromatic heterocycles. The van der Waals surface area contributed by atoms with Crippen LogP contribution in [0.3, 0.4) is 0 Å². The van der Waals surface area contributed by atoms with Gasteiger partial charge in [0, 0.05) is 20.1 Å². The lowest BCUT2D eigenvalue weighted by Crippen LogP contribution is -2.58. The molecular weight excluding hydrogens is 492 g/mol. The van der Waals surface area contributed by atoms with Gasteiger partial charge in [0.25, 0.3) is 5.91 Å². The van der Waals surface area contributed by atoms with Gasteiger partial charge in [-0.25, -0.2) is 13.2 Å². The highest BCUT2D eigenvalue weighted by molar-refractivity contribution is 7.90.